The fraction of sp³-hybridized carbons (Fsp3) is 0.583. The van der Waals surface area contributed by atoms with Crippen LogP contribution in [0.2, 0.25) is 5.15 Å². The van der Waals surface area contributed by atoms with Gasteiger partial charge in [-0.05, 0) is 25.0 Å². The van der Waals surface area contributed by atoms with Gasteiger partial charge in [0.25, 0.3) is 0 Å². The molecule has 0 amide bonds. The zero-order chi connectivity index (χ0) is 13.2. The smallest absolute Gasteiger partial charge is 0.367 e. The molecule has 1 aromatic heterocycles. The van der Waals surface area contributed by atoms with Crippen LogP contribution in [0.4, 0.5) is 19.0 Å². The number of anilines is 1. The third-order valence-electron chi connectivity index (χ3n) is 3.08. The Labute approximate surface area is 109 Å². The summed E-state index contributed by atoms with van der Waals surface area (Å²) in [4.78, 5) is 3.90. The first kappa shape index (κ1) is 13.5. The zero-order valence-electron chi connectivity index (χ0n) is 9.73. The highest BCUT2D eigenvalue weighted by Gasteiger charge is 2.31. The molecule has 1 N–H and O–H groups in total. The van der Waals surface area contributed by atoms with Crippen LogP contribution in [-0.2, 0) is 6.18 Å². The predicted molar refractivity (Wildman–Crippen MR) is 64.7 cm³/mol. The summed E-state index contributed by atoms with van der Waals surface area (Å²) < 4.78 is 37.8. The molecule has 0 aliphatic heterocycles. The van der Waals surface area contributed by atoms with Gasteiger partial charge in [0.1, 0.15) is 11.0 Å². The van der Waals surface area contributed by atoms with E-state index in [1.165, 1.54) is 6.42 Å². The quantitative estimate of drug-likeness (QED) is 0.806. The van der Waals surface area contributed by atoms with Crippen molar-refractivity contribution in [2.75, 3.05) is 5.32 Å². The highest BCUT2D eigenvalue weighted by Crippen LogP contribution is 2.32. The van der Waals surface area contributed by atoms with Gasteiger partial charge in [-0.3, -0.25) is 0 Å². The van der Waals surface area contributed by atoms with E-state index in [1.54, 1.807) is 0 Å². The first-order valence-electron chi connectivity index (χ1n) is 5.96. The summed E-state index contributed by atoms with van der Waals surface area (Å²) in [6.45, 7) is 0. The summed E-state index contributed by atoms with van der Waals surface area (Å²) >= 11 is 5.62. The van der Waals surface area contributed by atoms with Crippen LogP contribution in [0.3, 0.4) is 0 Å². The molecule has 2 nitrogen and oxygen atoms in total. The Morgan fingerprint density at radius 3 is 2.44 bits per heavy atom. The van der Waals surface area contributed by atoms with Crippen LogP contribution in [0.5, 0.6) is 0 Å². The molecule has 0 atom stereocenters. The minimum absolute atomic E-state index is 0.136. The number of hydrogen-bond donors (Lipinski definition) is 1. The van der Waals surface area contributed by atoms with Gasteiger partial charge in [0.05, 0.1) is 5.56 Å². The second-order valence-corrected chi connectivity index (χ2v) is 4.93. The van der Waals surface area contributed by atoms with E-state index in [0.29, 0.717) is 0 Å². The molecule has 1 heterocycles. The normalized spacial score (nSPS) is 17.8. The van der Waals surface area contributed by atoms with E-state index in [1.807, 2.05) is 0 Å². The van der Waals surface area contributed by atoms with Crippen LogP contribution < -0.4 is 5.32 Å². The van der Waals surface area contributed by atoms with Crippen molar-refractivity contribution in [1.82, 2.24) is 4.98 Å². The molecule has 1 aliphatic carbocycles. The van der Waals surface area contributed by atoms with Crippen molar-refractivity contribution in [3.05, 3.63) is 22.8 Å². The lowest BCUT2D eigenvalue weighted by Gasteiger charge is -2.23. The number of rotatable bonds is 2. The van der Waals surface area contributed by atoms with Crippen LogP contribution in [0.1, 0.15) is 37.7 Å². The first-order chi connectivity index (χ1) is 8.45. The third-order valence-corrected chi connectivity index (χ3v) is 3.27. The van der Waals surface area contributed by atoms with Gasteiger partial charge in [-0.1, -0.05) is 30.9 Å². The summed E-state index contributed by atoms with van der Waals surface area (Å²) in [6, 6.07) is 2.06. The molecule has 1 saturated carbocycles. The standard InChI is InChI=1S/C12H14ClF3N2/c13-10-6-8(12(14,15)16)7-11(18-10)17-9-4-2-1-3-5-9/h6-7,9H,1-5H2,(H,17,18). The Bertz CT molecular complexity index is 414. The maximum absolute atomic E-state index is 12.6. The lowest BCUT2D eigenvalue weighted by Crippen LogP contribution is -2.23. The SMILES string of the molecule is FC(F)(F)c1cc(Cl)nc(NC2CCCCC2)c1. The number of nitrogens with zero attached hydrogens (tertiary/aromatic N) is 1. The van der Waals surface area contributed by atoms with Gasteiger partial charge < -0.3 is 5.32 Å². The molecule has 0 aromatic carbocycles. The number of nitrogens with one attached hydrogen (secondary N) is 1. The third kappa shape index (κ3) is 3.51. The molecule has 0 spiro atoms. The Kier molecular flexibility index (Phi) is 4.00. The largest absolute Gasteiger partial charge is 0.416 e. The Hall–Kier alpha value is -0.970. The highest BCUT2D eigenvalue weighted by molar-refractivity contribution is 6.29. The van der Waals surface area contributed by atoms with E-state index in [4.69, 9.17) is 11.6 Å². The van der Waals surface area contributed by atoms with E-state index in [2.05, 4.69) is 10.3 Å². The van der Waals surface area contributed by atoms with E-state index in [9.17, 15) is 13.2 Å². The number of hydrogen-bond acceptors (Lipinski definition) is 2. The molecule has 0 radical (unpaired) electrons. The van der Waals surface area contributed by atoms with Gasteiger partial charge >= 0.3 is 6.18 Å². The molecular formula is C12H14ClF3N2. The van der Waals surface area contributed by atoms with Gasteiger partial charge in [0, 0.05) is 6.04 Å². The maximum Gasteiger partial charge on any atom is 0.416 e. The fourth-order valence-corrected chi connectivity index (χ4v) is 2.40. The Balaban J connectivity index is 2.14. The van der Waals surface area contributed by atoms with Gasteiger partial charge in [0.2, 0.25) is 0 Å². The van der Waals surface area contributed by atoms with Crippen LogP contribution in [0, 0.1) is 0 Å². The fourth-order valence-electron chi connectivity index (χ4n) is 2.19. The van der Waals surface area contributed by atoms with Crippen molar-refractivity contribution in [3.8, 4) is 0 Å². The van der Waals surface area contributed by atoms with Crippen molar-refractivity contribution in [1.29, 1.82) is 0 Å². The molecule has 2 rings (SSSR count). The molecule has 6 heteroatoms. The lowest BCUT2D eigenvalue weighted by atomic mass is 9.95. The van der Waals surface area contributed by atoms with Gasteiger partial charge in [0.15, 0.2) is 0 Å². The molecule has 0 unspecified atom stereocenters. The van der Waals surface area contributed by atoms with Crippen molar-refractivity contribution < 1.29 is 13.2 Å². The highest BCUT2D eigenvalue weighted by atomic mass is 35.5. The second kappa shape index (κ2) is 5.34. The number of alkyl halides is 3. The maximum atomic E-state index is 12.6. The molecule has 18 heavy (non-hydrogen) atoms. The topological polar surface area (TPSA) is 24.9 Å². The van der Waals surface area contributed by atoms with E-state index < -0.39 is 11.7 Å². The first-order valence-corrected chi connectivity index (χ1v) is 6.34. The average Bonchev–Trinajstić information content (AvgIpc) is 2.28. The van der Waals surface area contributed by atoms with Crippen molar-refractivity contribution in [3.63, 3.8) is 0 Å². The van der Waals surface area contributed by atoms with Gasteiger partial charge in [-0.25, -0.2) is 4.98 Å². The second-order valence-electron chi connectivity index (χ2n) is 4.54. The van der Waals surface area contributed by atoms with E-state index in [0.717, 1.165) is 37.8 Å². The molecule has 1 aromatic rings. The molecule has 1 fully saturated rings. The summed E-state index contributed by atoms with van der Waals surface area (Å²) in [5.74, 6) is 0.210. The predicted octanol–water partition coefficient (Wildman–Crippen LogP) is 4.50. The van der Waals surface area contributed by atoms with Crippen molar-refractivity contribution in [2.45, 2.75) is 44.3 Å². The monoisotopic (exact) mass is 278 g/mol. The summed E-state index contributed by atoms with van der Waals surface area (Å²) in [5, 5.41) is 2.90. The Morgan fingerprint density at radius 1 is 1.17 bits per heavy atom. The molecule has 0 saturated heterocycles. The lowest BCUT2D eigenvalue weighted by molar-refractivity contribution is -0.137. The Morgan fingerprint density at radius 2 is 1.83 bits per heavy atom. The van der Waals surface area contributed by atoms with Crippen molar-refractivity contribution in [2.24, 2.45) is 0 Å². The molecule has 0 bridgehead atoms. The zero-order valence-corrected chi connectivity index (χ0v) is 10.5. The van der Waals surface area contributed by atoms with Crippen LogP contribution >= 0.6 is 11.6 Å². The van der Waals surface area contributed by atoms with E-state index in [-0.39, 0.29) is 17.0 Å². The summed E-state index contributed by atoms with van der Waals surface area (Å²) in [5.41, 5.74) is -0.763. The number of aromatic nitrogens is 1. The van der Waals surface area contributed by atoms with Crippen LogP contribution in [0.15, 0.2) is 12.1 Å². The summed E-state index contributed by atoms with van der Waals surface area (Å²) in [7, 11) is 0. The minimum Gasteiger partial charge on any atom is -0.367 e. The number of pyridine rings is 1. The van der Waals surface area contributed by atoms with Crippen LogP contribution in [-0.4, -0.2) is 11.0 Å². The van der Waals surface area contributed by atoms with Gasteiger partial charge in [-0.2, -0.15) is 13.2 Å². The molecule has 100 valence electrons. The van der Waals surface area contributed by atoms with Gasteiger partial charge in [-0.15, -0.1) is 0 Å². The minimum atomic E-state index is -4.39. The van der Waals surface area contributed by atoms with Crippen molar-refractivity contribution >= 4 is 17.4 Å². The number of halogens is 4. The molecule has 1 aliphatic rings. The average molecular weight is 279 g/mol. The summed E-state index contributed by atoms with van der Waals surface area (Å²) in [6.07, 6.45) is 0.935. The molecular weight excluding hydrogens is 265 g/mol. The van der Waals surface area contributed by atoms with E-state index >= 15 is 0 Å². The van der Waals surface area contributed by atoms with Crippen LogP contribution in [0.25, 0.3) is 0 Å².